The molecule has 2 saturated heterocycles. The van der Waals surface area contributed by atoms with E-state index in [1.165, 1.54) is 5.56 Å². The Kier molecular flexibility index (Phi) is 8.07. The lowest BCUT2D eigenvalue weighted by Gasteiger charge is -2.31. The lowest BCUT2D eigenvalue weighted by Crippen LogP contribution is -2.46. The number of likely N-dealkylation sites (tertiary alicyclic amines) is 2. The molecule has 27 heavy (non-hydrogen) atoms. The van der Waals surface area contributed by atoms with Crippen LogP contribution in [0.1, 0.15) is 31.2 Å². The van der Waals surface area contributed by atoms with Crippen molar-refractivity contribution in [2.45, 2.75) is 31.7 Å². The molecule has 2 atom stereocenters. The first kappa shape index (κ1) is 21.7. The van der Waals surface area contributed by atoms with Gasteiger partial charge in [-0.15, -0.1) is 12.4 Å². The summed E-state index contributed by atoms with van der Waals surface area (Å²) in [5.74, 6) is 0.409. The average Bonchev–Trinajstić information content (AvgIpc) is 3.05. The van der Waals surface area contributed by atoms with E-state index < -0.39 is 0 Å². The number of amides is 2. The van der Waals surface area contributed by atoms with Gasteiger partial charge in [-0.25, -0.2) is 0 Å². The molecule has 1 aromatic carbocycles. The first-order valence-electron chi connectivity index (χ1n) is 9.52. The Morgan fingerprint density at radius 2 is 1.81 bits per heavy atom. The summed E-state index contributed by atoms with van der Waals surface area (Å²) in [7, 11) is 0. The predicted octanol–water partition coefficient (Wildman–Crippen LogP) is 1.24. The number of piperidine rings is 1. The van der Waals surface area contributed by atoms with E-state index in [2.05, 4.69) is 22.3 Å². The summed E-state index contributed by atoms with van der Waals surface area (Å²) < 4.78 is 0. The van der Waals surface area contributed by atoms with Gasteiger partial charge in [0.05, 0.1) is 6.61 Å². The summed E-state index contributed by atoms with van der Waals surface area (Å²) in [6.07, 6.45) is 1.46. The van der Waals surface area contributed by atoms with Gasteiger partial charge in [0.25, 0.3) is 0 Å². The van der Waals surface area contributed by atoms with E-state index in [0.29, 0.717) is 19.6 Å². The molecule has 2 aliphatic heterocycles. The van der Waals surface area contributed by atoms with Gasteiger partial charge in [-0.1, -0.05) is 30.3 Å². The number of halogens is 1. The Bertz CT molecular complexity index is 620. The van der Waals surface area contributed by atoms with Crippen LogP contribution in [0.4, 0.5) is 0 Å². The number of carbonyl (C=O) groups excluding carboxylic acids is 2. The van der Waals surface area contributed by atoms with E-state index in [9.17, 15) is 14.7 Å². The molecule has 6 nitrogen and oxygen atoms in total. The fraction of sp³-hybridized carbons (Fsp3) is 0.600. The predicted molar refractivity (Wildman–Crippen MR) is 107 cm³/mol. The van der Waals surface area contributed by atoms with Gasteiger partial charge in [0, 0.05) is 57.5 Å². The number of hydrogen-bond donors (Lipinski definition) is 2. The Hall–Kier alpha value is -1.63. The zero-order valence-electron chi connectivity index (χ0n) is 15.8. The molecule has 0 aliphatic carbocycles. The van der Waals surface area contributed by atoms with Crippen LogP contribution in [0.15, 0.2) is 30.3 Å². The highest BCUT2D eigenvalue weighted by molar-refractivity contribution is 5.85. The van der Waals surface area contributed by atoms with Gasteiger partial charge in [0.15, 0.2) is 0 Å². The number of rotatable bonds is 5. The molecule has 2 fully saturated rings. The topological polar surface area (TPSA) is 72.9 Å². The largest absolute Gasteiger partial charge is 0.395 e. The monoisotopic (exact) mass is 395 g/mol. The minimum atomic E-state index is -0.0195. The van der Waals surface area contributed by atoms with Crippen LogP contribution in [0.2, 0.25) is 0 Å². The lowest BCUT2D eigenvalue weighted by atomic mass is 9.92. The van der Waals surface area contributed by atoms with E-state index in [0.717, 1.165) is 25.9 Å². The number of carbonyl (C=O) groups is 2. The molecule has 2 aliphatic rings. The quantitative estimate of drug-likeness (QED) is 0.786. The molecule has 0 unspecified atom stereocenters. The van der Waals surface area contributed by atoms with Crippen molar-refractivity contribution in [3.05, 3.63) is 35.9 Å². The number of hydrogen-bond acceptors (Lipinski definition) is 4. The second-order valence-electron chi connectivity index (χ2n) is 7.40. The van der Waals surface area contributed by atoms with Gasteiger partial charge in [0.2, 0.25) is 11.8 Å². The maximum Gasteiger partial charge on any atom is 0.223 e. The van der Waals surface area contributed by atoms with Crippen LogP contribution < -0.4 is 5.32 Å². The summed E-state index contributed by atoms with van der Waals surface area (Å²) in [5.41, 5.74) is 1.23. The van der Waals surface area contributed by atoms with E-state index in [4.69, 9.17) is 0 Å². The van der Waals surface area contributed by atoms with Crippen LogP contribution in [0.25, 0.3) is 0 Å². The summed E-state index contributed by atoms with van der Waals surface area (Å²) in [4.78, 5) is 28.3. The number of β-amino-alcohol motifs (C(OH)–C–C–N with tert-alkyl or cyclic N) is 1. The zero-order valence-corrected chi connectivity index (χ0v) is 16.7. The van der Waals surface area contributed by atoms with Crippen molar-refractivity contribution in [2.24, 2.45) is 5.92 Å². The smallest absolute Gasteiger partial charge is 0.223 e. The molecule has 3 rings (SSSR count). The molecule has 0 bridgehead atoms. The zero-order chi connectivity index (χ0) is 18.5. The van der Waals surface area contributed by atoms with Crippen molar-refractivity contribution in [3.63, 3.8) is 0 Å². The second kappa shape index (κ2) is 10.1. The Labute approximate surface area is 167 Å². The molecule has 2 heterocycles. The third-order valence-corrected chi connectivity index (χ3v) is 5.68. The fourth-order valence-corrected chi connectivity index (χ4v) is 4.15. The maximum atomic E-state index is 12.8. The van der Waals surface area contributed by atoms with Gasteiger partial charge in [-0.3, -0.25) is 14.5 Å². The third kappa shape index (κ3) is 5.43. The van der Waals surface area contributed by atoms with Crippen LogP contribution in [0, 0.1) is 5.92 Å². The van der Waals surface area contributed by atoms with E-state index in [1.807, 2.05) is 23.1 Å². The van der Waals surface area contributed by atoms with E-state index in [1.54, 1.807) is 6.92 Å². The number of nitrogens with one attached hydrogen (secondary N) is 1. The molecule has 0 saturated carbocycles. The minimum Gasteiger partial charge on any atom is -0.395 e. The molecule has 0 spiro atoms. The first-order chi connectivity index (χ1) is 12.6. The standard InChI is InChI=1S/C20H29N3O3.ClH/c1-15(25)23-9-7-17(8-10-23)20(26)21-19-14-22(11-12-24)13-18(19)16-5-3-2-4-6-16;/h2-6,17-19,24H,7-14H2,1H3,(H,21,26);1H/t18-,19+;/m1./s1. The van der Waals surface area contributed by atoms with Crippen molar-refractivity contribution in [1.82, 2.24) is 15.1 Å². The summed E-state index contributed by atoms with van der Waals surface area (Å²) in [5, 5.41) is 12.5. The van der Waals surface area contributed by atoms with Gasteiger partial charge >= 0.3 is 0 Å². The Morgan fingerprint density at radius 1 is 1.15 bits per heavy atom. The Balaban J connectivity index is 0.00000261. The average molecular weight is 396 g/mol. The maximum absolute atomic E-state index is 12.8. The van der Waals surface area contributed by atoms with Gasteiger partial charge in [-0.2, -0.15) is 0 Å². The summed E-state index contributed by atoms with van der Waals surface area (Å²) in [6, 6.07) is 10.3. The molecule has 2 N–H and O–H groups in total. The number of nitrogens with zero attached hydrogens (tertiary/aromatic N) is 2. The van der Waals surface area contributed by atoms with E-state index >= 15 is 0 Å². The molecule has 0 aromatic heterocycles. The third-order valence-electron chi connectivity index (χ3n) is 5.68. The molecule has 150 valence electrons. The highest BCUT2D eigenvalue weighted by Crippen LogP contribution is 2.28. The minimum absolute atomic E-state index is 0. The van der Waals surface area contributed by atoms with Crippen LogP contribution >= 0.6 is 12.4 Å². The van der Waals surface area contributed by atoms with Crippen LogP contribution in [-0.2, 0) is 9.59 Å². The van der Waals surface area contributed by atoms with Crippen molar-refractivity contribution >= 4 is 24.2 Å². The second-order valence-corrected chi connectivity index (χ2v) is 7.40. The molecule has 2 amide bonds. The van der Waals surface area contributed by atoms with Gasteiger partial charge in [-0.05, 0) is 18.4 Å². The normalized spacial score (nSPS) is 23.7. The van der Waals surface area contributed by atoms with Gasteiger partial charge in [0.1, 0.15) is 0 Å². The Morgan fingerprint density at radius 3 is 2.41 bits per heavy atom. The van der Waals surface area contributed by atoms with Crippen molar-refractivity contribution in [3.8, 4) is 0 Å². The van der Waals surface area contributed by atoms with E-state index in [-0.39, 0.29) is 48.7 Å². The summed E-state index contributed by atoms with van der Waals surface area (Å²) >= 11 is 0. The van der Waals surface area contributed by atoms with Crippen LogP contribution in [-0.4, -0.2) is 72.1 Å². The lowest BCUT2D eigenvalue weighted by molar-refractivity contribution is -0.134. The summed E-state index contributed by atoms with van der Waals surface area (Å²) in [6.45, 7) is 5.28. The molecular weight excluding hydrogens is 366 g/mol. The van der Waals surface area contributed by atoms with Crippen molar-refractivity contribution in [2.75, 3.05) is 39.3 Å². The number of aliphatic hydroxyl groups is 1. The number of aliphatic hydroxyl groups excluding tert-OH is 1. The highest BCUT2D eigenvalue weighted by Gasteiger charge is 2.36. The molecule has 0 radical (unpaired) electrons. The fourth-order valence-electron chi connectivity index (χ4n) is 4.15. The van der Waals surface area contributed by atoms with Crippen LogP contribution in [0.5, 0.6) is 0 Å². The van der Waals surface area contributed by atoms with Crippen molar-refractivity contribution in [1.29, 1.82) is 0 Å². The molecule has 7 heteroatoms. The van der Waals surface area contributed by atoms with Gasteiger partial charge < -0.3 is 15.3 Å². The SMILES string of the molecule is CC(=O)N1CCC(C(=O)N[C@H]2CN(CCO)C[C@@H]2c2ccccc2)CC1.Cl. The van der Waals surface area contributed by atoms with Crippen molar-refractivity contribution < 1.29 is 14.7 Å². The number of benzene rings is 1. The first-order valence-corrected chi connectivity index (χ1v) is 9.52. The highest BCUT2D eigenvalue weighted by atomic mass is 35.5. The van der Waals surface area contributed by atoms with Crippen LogP contribution in [0.3, 0.4) is 0 Å². The molecular formula is C20H30ClN3O3. The molecule has 1 aromatic rings.